The van der Waals surface area contributed by atoms with Crippen molar-refractivity contribution < 1.29 is 0 Å². The molecule has 0 saturated carbocycles. The van der Waals surface area contributed by atoms with Crippen LogP contribution in [0.5, 0.6) is 0 Å². The Balaban J connectivity index is 2.19. The number of hydrogen-bond donors (Lipinski definition) is 1. The van der Waals surface area contributed by atoms with Crippen LogP contribution in [0.15, 0.2) is 34.8 Å². The molecule has 2 aromatic carbocycles. The molecule has 0 heterocycles. The molecule has 2 aromatic rings. The van der Waals surface area contributed by atoms with Gasteiger partial charge in [0.1, 0.15) is 0 Å². The third kappa shape index (κ3) is 3.19. The molecule has 0 aliphatic rings. The van der Waals surface area contributed by atoms with Crippen molar-refractivity contribution in [3.63, 3.8) is 0 Å². The quantitative estimate of drug-likeness (QED) is 0.810. The standard InChI is InChI=1S/C17H20BrN/c1-11-6-5-7-16(17(11)18)19-10-15-9-13(3)12(2)8-14(15)4/h5-9,19H,10H2,1-4H3. The highest BCUT2D eigenvalue weighted by atomic mass is 79.9. The Kier molecular flexibility index (Phi) is 4.31. The molecule has 0 aliphatic heterocycles. The summed E-state index contributed by atoms with van der Waals surface area (Å²) in [5.41, 5.74) is 7.82. The van der Waals surface area contributed by atoms with Crippen molar-refractivity contribution in [1.29, 1.82) is 0 Å². The van der Waals surface area contributed by atoms with E-state index >= 15 is 0 Å². The molecule has 0 radical (unpaired) electrons. The maximum atomic E-state index is 3.64. The second kappa shape index (κ2) is 5.79. The lowest BCUT2D eigenvalue weighted by Crippen LogP contribution is -2.03. The van der Waals surface area contributed by atoms with Gasteiger partial charge in [-0.1, -0.05) is 24.3 Å². The molecule has 2 heteroatoms. The van der Waals surface area contributed by atoms with E-state index < -0.39 is 0 Å². The van der Waals surface area contributed by atoms with Crippen LogP contribution >= 0.6 is 15.9 Å². The van der Waals surface area contributed by atoms with Gasteiger partial charge in [-0.25, -0.2) is 0 Å². The molecule has 0 spiro atoms. The summed E-state index contributed by atoms with van der Waals surface area (Å²) in [7, 11) is 0. The lowest BCUT2D eigenvalue weighted by Gasteiger charge is -2.13. The average molecular weight is 318 g/mol. The minimum Gasteiger partial charge on any atom is -0.380 e. The number of rotatable bonds is 3. The van der Waals surface area contributed by atoms with Crippen LogP contribution in [0.1, 0.15) is 27.8 Å². The summed E-state index contributed by atoms with van der Waals surface area (Å²) in [6.45, 7) is 9.47. The van der Waals surface area contributed by atoms with E-state index in [2.05, 4.69) is 79.3 Å². The number of aryl methyl sites for hydroxylation is 4. The zero-order chi connectivity index (χ0) is 14.0. The van der Waals surface area contributed by atoms with Crippen LogP contribution in [0.4, 0.5) is 5.69 Å². The minimum absolute atomic E-state index is 0.856. The van der Waals surface area contributed by atoms with E-state index in [0.29, 0.717) is 0 Å². The van der Waals surface area contributed by atoms with Gasteiger partial charge in [0.05, 0.1) is 0 Å². The normalized spacial score (nSPS) is 10.6. The second-order valence-electron chi connectivity index (χ2n) is 5.15. The monoisotopic (exact) mass is 317 g/mol. The Hall–Kier alpha value is -1.28. The van der Waals surface area contributed by atoms with Crippen LogP contribution in [0.2, 0.25) is 0 Å². The van der Waals surface area contributed by atoms with Crippen LogP contribution in [-0.4, -0.2) is 0 Å². The summed E-state index contributed by atoms with van der Waals surface area (Å²) in [4.78, 5) is 0. The fourth-order valence-electron chi connectivity index (χ4n) is 2.19. The first-order chi connectivity index (χ1) is 8.99. The van der Waals surface area contributed by atoms with Crippen LogP contribution in [0.3, 0.4) is 0 Å². The molecule has 19 heavy (non-hydrogen) atoms. The number of nitrogens with one attached hydrogen (secondary N) is 1. The van der Waals surface area contributed by atoms with Gasteiger partial charge < -0.3 is 5.32 Å². The first-order valence-electron chi connectivity index (χ1n) is 6.54. The van der Waals surface area contributed by atoms with E-state index in [1.807, 2.05) is 0 Å². The predicted molar refractivity (Wildman–Crippen MR) is 86.9 cm³/mol. The molecule has 0 saturated heterocycles. The molecule has 100 valence electrons. The summed E-state index contributed by atoms with van der Waals surface area (Å²) < 4.78 is 1.15. The Labute approximate surface area is 124 Å². The lowest BCUT2D eigenvalue weighted by molar-refractivity contribution is 1.10. The van der Waals surface area contributed by atoms with Crippen molar-refractivity contribution in [3.8, 4) is 0 Å². The molecule has 0 unspecified atom stereocenters. The molecule has 0 atom stereocenters. The fourth-order valence-corrected chi connectivity index (χ4v) is 2.59. The smallest absolute Gasteiger partial charge is 0.0490 e. The molecule has 2 rings (SSSR count). The third-order valence-corrected chi connectivity index (χ3v) is 4.67. The van der Waals surface area contributed by atoms with Gasteiger partial charge in [-0.2, -0.15) is 0 Å². The van der Waals surface area contributed by atoms with Gasteiger partial charge in [-0.15, -0.1) is 0 Å². The van der Waals surface area contributed by atoms with Crippen molar-refractivity contribution in [2.24, 2.45) is 0 Å². The molecule has 1 N–H and O–H groups in total. The van der Waals surface area contributed by atoms with Crippen LogP contribution in [-0.2, 0) is 6.54 Å². The highest BCUT2D eigenvalue weighted by Crippen LogP contribution is 2.26. The molecule has 0 amide bonds. The maximum absolute atomic E-state index is 3.64. The number of hydrogen-bond acceptors (Lipinski definition) is 1. The molecule has 0 aliphatic carbocycles. The molecule has 0 bridgehead atoms. The van der Waals surface area contributed by atoms with E-state index in [9.17, 15) is 0 Å². The Morgan fingerprint density at radius 3 is 2.32 bits per heavy atom. The van der Waals surface area contributed by atoms with Gasteiger partial charge in [-0.05, 0) is 77.5 Å². The van der Waals surface area contributed by atoms with Gasteiger partial charge in [0, 0.05) is 16.7 Å². The van der Waals surface area contributed by atoms with Crippen molar-refractivity contribution in [3.05, 3.63) is 62.6 Å². The average Bonchev–Trinajstić information content (AvgIpc) is 2.37. The van der Waals surface area contributed by atoms with E-state index in [1.165, 1.54) is 27.8 Å². The highest BCUT2D eigenvalue weighted by molar-refractivity contribution is 9.10. The Morgan fingerprint density at radius 2 is 1.58 bits per heavy atom. The van der Waals surface area contributed by atoms with Crippen LogP contribution < -0.4 is 5.32 Å². The number of benzene rings is 2. The summed E-state index contributed by atoms with van der Waals surface area (Å²) in [6.07, 6.45) is 0. The number of anilines is 1. The predicted octanol–water partition coefficient (Wildman–Crippen LogP) is 5.29. The third-order valence-electron chi connectivity index (χ3n) is 3.61. The molecule has 0 fully saturated rings. The van der Waals surface area contributed by atoms with Crippen LogP contribution in [0.25, 0.3) is 0 Å². The summed E-state index contributed by atoms with van der Waals surface area (Å²) in [5, 5.41) is 3.51. The Morgan fingerprint density at radius 1 is 0.895 bits per heavy atom. The molecular weight excluding hydrogens is 298 g/mol. The van der Waals surface area contributed by atoms with Crippen molar-refractivity contribution in [1.82, 2.24) is 0 Å². The van der Waals surface area contributed by atoms with E-state index in [0.717, 1.165) is 16.7 Å². The zero-order valence-corrected chi connectivity index (χ0v) is 13.6. The van der Waals surface area contributed by atoms with Crippen molar-refractivity contribution >= 4 is 21.6 Å². The second-order valence-corrected chi connectivity index (χ2v) is 5.95. The van der Waals surface area contributed by atoms with Crippen LogP contribution in [0, 0.1) is 27.7 Å². The maximum Gasteiger partial charge on any atom is 0.0490 e. The first kappa shape index (κ1) is 14.1. The van der Waals surface area contributed by atoms with Gasteiger partial charge >= 0.3 is 0 Å². The minimum atomic E-state index is 0.856. The van der Waals surface area contributed by atoms with E-state index in [1.54, 1.807) is 0 Å². The fraction of sp³-hybridized carbons (Fsp3) is 0.294. The van der Waals surface area contributed by atoms with Gasteiger partial charge in [0.15, 0.2) is 0 Å². The zero-order valence-electron chi connectivity index (χ0n) is 12.0. The van der Waals surface area contributed by atoms with Crippen molar-refractivity contribution in [2.45, 2.75) is 34.2 Å². The van der Waals surface area contributed by atoms with E-state index in [4.69, 9.17) is 0 Å². The number of halogens is 1. The molecule has 0 aromatic heterocycles. The highest BCUT2D eigenvalue weighted by Gasteiger charge is 2.05. The summed E-state index contributed by atoms with van der Waals surface area (Å²) in [5.74, 6) is 0. The molecule has 1 nitrogen and oxygen atoms in total. The van der Waals surface area contributed by atoms with Gasteiger partial charge in [0.2, 0.25) is 0 Å². The topological polar surface area (TPSA) is 12.0 Å². The lowest BCUT2D eigenvalue weighted by atomic mass is 10.0. The van der Waals surface area contributed by atoms with Gasteiger partial charge in [-0.3, -0.25) is 0 Å². The Bertz CT molecular complexity index is 602. The summed E-state index contributed by atoms with van der Waals surface area (Å²) >= 11 is 3.64. The summed E-state index contributed by atoms with van der Waals surface area (Å²) in [6, 6.07) is 10.8. The first-order valence-corrected chi connectivity index (χ1v) is 7.34. The van der Waals surface area contributed by atoms with Gasteiger partial charge in [0.25, 0.3) is 0 Å². The largest absolute Gasteiger partial charge is 0.380 e. The SMILES string of the molecule is Cc1cc(C)c(CNc2cccc(C)c2Br)cc1C. The van der Waals surface area contributed by atoms with E-state index in [-0.39, 0.29) is 0 Å². The molecular formula is C17H20BrN. The van der Waals surface area contributed by atoms with Crippen molar-refractivity contribution in [2.75, 3.05) is 5.32 Å².